The van der Waals surface area contributed by atoms with E-state index >= 15 is 0 Å². The van der Waals surface area contributed by atoms with Crippen molar-refractivity contribution in [1.82, 2.24) is 14.9 Å². The molecule has 0 unspecified atom stereocenters. The van der Waals surface area contributed by atoms with Crippen molar-refractivity contribution in [2.24, 2.45) is 0 Å². The van der Waals surface area contributed by atoms with Crippen molar-refractivity contribution in [3.05, 3.63) is 53.0 Å². The second-order valence-corrected chi connectivity index (χ2v) is 6.09. The number of carbonyl (C=O) groups is 1. The third-order valence-corrected chi connectivity index (χ3v) is 4.12. The van der Waals surface area contributed by atoms with Crippen LogP contribution in [0, 0.1) is 27.0 Å². The Hall–Kier alpha value is -2.43. The third kappa shape index (κ3) is 3.33. The van der Waals surface area contributed by atoms with Crippen LogP contribution in [0.1, 0.15) is 27.0 Å². The topological polar surface area (TPSA) is 49.3 Å². The number of hydrogen-bond donors (Lipinski definition) is 0. The number of rotatable bonds is 2. The zero-order valence-electron chi connectivity index (χ0n) is 13.8. The zero-order chi connectivity index (χ0) is 16.4. The predicted octanol–water partition coefficient (Wildman–Crippen LogP) is 2.16. The van der Waals surface area contributed by atoms with Crippen LogP contribution in [0.4, 0.5) is 5.82 Å². The van der Waals surface area contributed by atoms with E-state index in [4.69, 9.17) is 0 Å². The first-order chi connectivity index (χ1) is 11.0. The standard InChI is InChI=1S/C18H21N4O/c1-13-8-15(3)17(20-11-13)21-4-6-22(7-5-21)18(23)16-9-14(2)10-19-12-16/h8-9,11-12H,4-7H2,1-3H3. The molecule has 0 atom stereocenters. The maximum Gasteiger partial charge on any atom is 0.255 e. The number of aryl methyl sites for hydroxylation is 3. The molecule has 119 valence electrons. The second-order valence-electron chi connectivity index (χ2n) is 6.09. The molecule has 3 heterocycles. The molecule has 0 bridgehead atoms. The molecule has 0 aliphatic carbocycles. The quantitative estimate of drug-likeness (QED) is 0.853. The number of nitrogens with zero attached hydrogens (tertiary/aromatic N) is 4. The van der Waals surface area contributed by atoms with Crippen LogP contribution in [0.15, 0.2) is 24.5 Å². The smallest absolute Gasteiger partial charge is 0.255 e. The molecule has 0 aromatic carbocycles. The minimum Gasteiger partial charge on any atom is -0.353 e. The van der Waals surface area contributed by atoms with Crippen molar-refractivity contribution in [2.45, 2.75) is 20.8 Å². The molecule has 3 rings (SSSR count). The van der Waals surface area contributed by atoms with E-state index in [2.05, 4.69) is 34.1 Å². The number of anilines is 1. The molecule has 1 saturated heterocycles. The Morgan fingerprint density at radius 2 is 1.83 bits per heavy atom. The highest BCUT2D eigenvalue weighted by atomic mass is 16.2. The minimum atomic E-state index is 0.0443. The van der Waals surface area contributed by atoms with Crippen LogP contribution in [0.2, 0.25) is 0 Å². The summed E-state index contributed by atoms with van der Waals surface area (Å²) in [5.41, 5.74) is 3.88. The maximum atomic E-state index is 12.5. The number of piperazine rings is 1. The molecule has 5 nitrogen and oxygen atoms in total. The summed E-state index contributed by atoms with van der Waals surface area (Å²) in [5, 5.41) is 0. The fraction of sp³-hybridized carbons (Fsp3) is 0.389. The molecular weight excluding hydrogens is 288 g/mol. The first-order valence-electron chi connectivity index (χ1n) is 7.86. The molecule has 1 aliphatic rings. The molecule has 0 spiro atoms. The molecule has 5 heteroatoms. The van der Waals surface area contributed by atoms with Crippen LogP contribution < -0.4 is 4.90 Å². The molecule has 1 amide bonds. The lowest BCUT2D eigenvalue weighted by Crippen LogP contribution is -2.49. The lowest BCUT2D eigenvalue weighted by Gasteiger charge is -2.36. The van der Waals surface area contributed by atoms with Crippen molar-refractivity contribution < 1.29 is 4.79 Å². The molecular formula is C18H21N4O. The van der Waals surface area contributed by atoms with Gasteiger partial charge in [0.2, 0.25) is 0 Å². The first kappa shape index (κ1) is 15.5. The fourth-order valence-electron chi connectivity index (χ4n) is 2.97. The van der Waals surface area contributed by atoms with Gasteiger partial charge in [0.25, 0.3) is 5.91 Å². The van der Waals surface area contributed by atoms with Crippen LogP contribution in [-0.4, -0.2) is 47.0 Å². The second kappa shape index (κ2) is 6.36. The Kier molecular flexibility index (Phi) is 4.28. The van der Waals surface area contributed by atoms with Crippen molar-refractivity contribution in [1.29, 1.82) is 0 Å². The summed E-state index contributed by atoms with van der Waals surface area (Å²) in [6.07, 6.45) is 6.32. The minimum absolute atomic E-state index is 0.0443. The number of carbonyl (C=O) groups excluding carboxylic acids is 1. The van der Waals surface area contributed by atoms with Crippen LogP contribution in [0.25, 0.3) is 0 Å². The Morgan fingerprint density at radius 1 is 1.09 bits per heavy atom. The predicted molar refractivity (Wildman–Crippen MR) is 89.6 cm³/mol. The number of hydrogen-bond acceptors (Lipinski definition) is 4. The van der Waals surface area contributed by atoms with Gasteiger partial charge in [0, 0.05) is 38.6 Å². The van der Waals surface area contributed by atoms with E-state index in [0.717, 1.165) is 24.5 Å². The average molecular weight is 309 g/mol. The Balaban J connectivity index is 1.67. The Morgan fingerprint density at radius 3 is 2.48 bits per heavy atom. The van der Waals surface area contributed by atoms with Crippen LogP contribution in [-0.2, 0) is 0 Å². The highest BCUT2D eigenvalue weighted by molar-refractivity contribution is 5.94. The van der Waals surface area contributed by atoms with E-state index in [1.165, 1.54) is 11.1 Å². The maximum absolute atomic E-state index is 12.5. The van der Waals surface area contributed by atoms with Gasteiger partial charge in [-0.1, -0.05) is 6.07 Å². The summed E-state index contributed by atoms with van der Waals surface area (Å²) in [6, 6.07) is 3.99. The fourth-order valence-corrected chi connectivity index (χ4v) is 2.97. The monoisotopic (exact) mass is 309 g/mol. The van der Waals surface area contributed by atoms with E-state index in [-0.39, 0.29) is 5.91 Å². The Labute approximate surface area is 137 Å². The molecule has 2 aromatic heterocycles. The van der Waals surface area contributed by atoms with Crippen molar-refractivity contribution in [3.63, 3.8) is 0 Å². The van der Waals surface area contributed by atoms with E-state index in [9.17, 15) is 4.79 Å². The SMILES string of the molecule is Cc1[c]ncc(C(=O)N2CCN(c3ncc(C)cc3C)CC2)c1. The third-order valence-electron chi connectivity index (χ3n) is 4.12. The summed E-state index contributed by atoms with van der Waals surface area (Å²) >= 11 is 0. The Bertz CT molecular complexity index is 721. The molecule has 2 aromatic rings. The van der Waals surface area contributed by atoms with Gasteiger partial charge in [-0.15, -0.1) is 0 Å². The van der Waals surface area contributed by atoms with Crippen LogP contribution in [0.5, 0.6) is 0 Å². The van der Waals surface area contributed by atoms with Gasteiger partial charge in [0.15, 0.2) is 0 Å². The summed E-state index contributed by atoms with van der Waals surface area (Å²) in [4.78, 5) is 25.2. The number of pyridine rings is 2. The zero-order valence-corrected chi connectivity index (χ0v) is 13.8. The van der Waals surface area contributed by atoms with E-state index in [1.807, 2.05) is 31.0 Å². The molecule has 1 aliphatic heterocycles. The summed E-state index contributed by atoms with van der Waals surface area (Å²) in [7, 11) is 0. The van der Waals surface area contributed by atoms with Crippen molar-refractivity contribution >= 4 is 11.7 Å². The highest BCUT2D eigenvalue weighted by Crippen LogP contribution is 2.20. The molecule has 1 radical (unpaired) electrons. The molecule has 1 fully saturated rings. The van der Waals surface area contributed by atoms with Crippen molar-refractivity contribution in [3.8, 4) is 0 Å². The number of amides is 1. The summed E-state index contributed by atoms with van der Waals surface area (Å²) < 4.78 is 0. The van der Waals surface area contributed by atoms with E-state index in [1.54, 1.807) is 6.20 Å². The largest absolute Gasteiger partial charge is 0.353 e. The van der Waals surface area contributed by atoms with E-state index < -0.39 is 0 Å². The average Bonchev–Trinajstić information content (AvgIpc) is 2.54. The lowest BCUT2D eigenvalue weighted by molar-refractivity contribution is 0.0746. The van der Waals surface area contributed by atoms with Crippen LogP contribution in [0.3, 0.4) is 0 Å². The summed E-state index contributed by atoms with van der Waals surface area (Å²) in [6.45, 7) is 9.03. The van der Waals surface area contributed by atoms with Gasteiger partial charge in [-0.3, -0.25) is 9.78 Å². The molecule has 23 heavy (non-hydrogen) atoms. The van der Waals surface area contributed by atoms with Gasteiger partial charge >= 0.3 is 0 Å². The van der Waals surface area contributed by atoms with Gasteiger partial charge < -0.3 is 9.80 Å². The first-order valence-corrected chi connectivity index (χ1v) is 7.86. The van der Waals surface area contributed by atoms with Gasteiger partial charge in [0.05, 0.1) is 11.8 Å². The number of aromatic nitrogens is 2. The van der Waals surface area contributed by atoms with Gasteiger partial charge in [-0.05, 0) is 43.5 Å². The van der Waals surface area contributed by atoms with Crippen molar-refractivity contribution in [2.75, 3.05) is 31.1 Å². The normalized spacial score (nSPS) is 14.9. The molecule has 0 saturated carbocycles. The van der Waals surface area contributed by atoms with Gasteiger partial charge in [-0.2, -0.15) is 0 Å². The lowest BCUT2D eigenvalue weighted by atomic mass is 10.1. The summed E-state index contributed by atoms with van der Waals surface area (Å²) in [5.74, 6) is 1.07. The highest BCUT2D eigenvalue weighted by Gasteiger charge is 2.23. The molecule has 0 N–H and O–H groups in total. The van der Waals surface area contributed by atoms with Gasteiger partial charge in [0.1, 0.15) is 5.82 Å². The van der Waals surface area contributed by atoms with E-state index in [0.29, 0.717) is 18.7 Å². The van der Waals surface area contributed by atoms with Crippen LogP contribution >= 0.6 is 0 Å². The van der Waals surface area contributed by atoms with Gasteiger partial charge in [-0.25, -0.2) is 4.98 Å².